The van der Waals surface area contributed by atoms with Crippen molar-refractivity contribution in [3.8, 4) is 11.5 Å². The highest BCUT2D eigenvalue weighted by atomic mass is 19.1. The van der Waals surface area contributed by atoms with Crippen molar-refractivity contribution in [2.24, 2.45) is 0 Å². The van der Waals surface area contributed by atoms with Crippen LogP contribution in [0, 0.1) is 6.92 Å². The van der Waals surface area contributed by atoms with E-state index in [1.165, 1.54) is 0 Å². The molecule has 176 valence electrons. The van der Waals surface area contributed by atoms with E-state index >= 15 is 0 Å². The van der Waals surface area contributed by atoms with Crippen LogP contribution in [0.15, 0.2) is 52.9 Å². The molecule has 0 saturated carbocycles. The number of halogens is 1. The molecule has 0 unspecified atom stereocenters. The van der Waals surface area contributed by atoms with Gasteiger partial charge in [-0.25, -0.2) is 4.39 Å². The summed E-state index contributed by atoms with van der Waals surface area (Å²) in [5.41, 5.74) is 1.79. The Morgan fingerprint density at radius 1 is 0.971 bits per heavy atom. The van der Waals surface area contributed by atoms with Gasteiger partial charge in [-0.05, 0) is 35.9 Å². The van der Waals surface area contributed by atoms with Crippen molar-refractivity contribution >= 4 is 17.7 Å². The minimum absolute atomic E-state index is 0.151. The van der Waals surface area contributed by atoms with Crippen LogP contribution in [0.1, 0.15) is 32.2 Å². The van der Waals surface area contributed by atoms with E-state index in [0.717, 1.165) is 0 Å². The Morgan fingerprint density at radius 3 is 2.29 bits per heavy atom. The highest BCUT2D eigenvalue weighted by Gasteiger charge is 2.26. The molecule has 3 amide bonds. The minimum atomic E-state index is -0.709. The average Bonchev–Trinajstić information content (AvgIpc) is 3.33. The number of hydrogen-bond donors (Lipinski definition) is 1. The van der Waals surface area contributed by atoms with Gasteiger partial charge in [-0.2, -0.15) is 0 Å². The van der Waals surface area contributed by atoms with E-state index < -0.39 is 6.67 Å². The van der Waals surface area contributed by atoms with Crippen molar-refractivity contribution in [1.82, 2.24) is 25.3 Å². The van der Waals surface area contributed by atoms with Gasteiger partial charge in [-0.1, -0.05) is 18.2 Å². The minimum Gasteiger partial charge on any atom is -0.421 e. The molecule has 3 aromatic rings. The third kappa shape index (κ3) is 5.11. The Morgan fingerprint density at radius 2 is 1.65 bits per heavy atom. The van der Waals surface area contributed by atoms with Crippen molar-refractivity contribution in [1.29, 1.82) is 0 Å². The molecule has 0 radical (unpaired) electrons. The third-order valence-electron chi connectivity index (χ3n) is 5.63. The van der Waals surface area contributed by atoms with Gasteiger partial charge in [0, 0.05) is 49.8 Å². The molecule has 1 N–H and O–H groups in total. The Kier molecular flexibility index (Phi) is 6.95. The number of piperazine rings is 1. The van der Waals surface area contributed by atoms with Crippen molar-refractivity contribution in [3.63, 3.8) is 0 Å². The Hall–Kier alpha value is -4.08. The van der Waals surface area contributed by atoms with Crippen LogP contribution in [0.4, 0.5) is 4.39 Å². The fourth-order valence-electron chi connectivity index (χ4n) is 3.72. The highest BCUT2D eigenvalue weighted by Crippen LogP contribution is 2.18. The largest absolute Gasteiger partial charge is 0.421 e. The van der Waals surface area contributed by atoms with E-state index in [1.54, 1.807) is 65.3 Å². The summed E-state index contributed by atoms with van der Waals surface area (Å²) in [7, 11) is 0. The van der Waals surface area contributed by atoms with E-state index in [9.17, 15) is 18.8 Å². The molecule has 2 heterocycles. The molecule has 34 heavy (non-hydrogen) atoms. The second-order valence-electron chi connectivity index (χ2n) is 7.85. The molecule has 10 heteroatoms. The van der Waals surface area contributed by atoms with E-state index in [-0.39, 0.29) is 24.3 Å². The lowest BCUT2D eigenvalue weighted by Gasteiger charge is -2.35. The van der Waals surface area contributed by atoms with Crippen LogP contribution in [0.2, 0.25) is 0 Å². The molecular formula is C24H24FN5O4. The molecule has 4 rings (SSSR count). The molecule has 0 spiro atoms. The number of carbonyl (C=O) groups excluding carboxylic acids is 3. The van der Waals surface area contributed by atoms with Gasteiger partial charge in [-0.3, -0.25) is 14.4 Å². The van der Waals surface area contributed by atoms with Gasteiger partial charge < -0.3 is 19.5 Å². The van der Waals surface area contributed by atoms with E-state index in [1.807, 2.05) is 0 Å². The molecule has 0 bridgehead atoms. The molecule has 1 aliphatic heterocycles. The van der Waals surface area contributed by atoms with Crippen LogP contribution in [0.25, 0.3) is 11.5 Å². The maximum atomic E-state index is 13.2. The molecule has 9 nitrogen and oxygen atoms in total. The Balaban J connectivity index is 1.26. The van der Waals surface area contributed by atoms with Gasteiger partial charge in [0.25, 0.3) is 11.8 Å². The van der Waals surface area contributed by atoms with E-state index in [4.69, 9.17) is 4.42 Å². The van der Waals surface area contributed by atoms with Crippen molar-refractivity contribution in [2.45, 2.75) is 13.6 Å². The predicted octanol–water partition coefficient (Wildman–Crippen LogP) is 2.23. The zero-order valence-corrected chi connectivity index (χ0v) is 18.7. The second-order valence-corrected chi connectivity index (χ2v) is 7.85. The summed E-state index contributed by atoms with van der Waals surface area (Å²) in [6, 6.07) is 13.2. The molecule has 2 aromatic carbocycles. The average molecular weight is 465 g/mol. The first-order valence-corrected chi connectivity index (χ1v) is 10.9. The summed E-state index contributed by atoms with van der Waals surface area (Å²) >= 11 is 0. The number of hydrogen-bond acceptors (Lipinski definition) is 6. The van der Waals surface area contributed by atoms with Gasteiger partial charge in [0.15, 0.2) is 0 Å². The normalized spacial score (nSPS) is 13.6. The van der Waals surface area contributed by atoms with Crippen LogP contribution in [-0.2, 0) is 11.5 Å². The van der Waals surface area contributed by atoms with Gasteiger partial charge in [0.2, 0.25) is 17.7 Å². The number of aryl methyl sites for hydroxylation is 1. The van der Waals surface area contributed by atoms with Gasteiger partial charge >= 0.3 is 0 Å². The molecule has 1 aromatic heterocycles. The van der Waals surface area contributed by atoms with Crippen molar-refractivity contribution < 1.29 is 23.2 Å². The smallest absolute Gasteiger partial charge is 0.254 e. The van der Waals surface area contributed by atoms with Gasteiger partial charge in [0.05, 0.1) is 6.54 Å². The first-order chi connectivity index (χ1) is 16.5. The van der Waals surface area contributed by atoms with Gasteiger partial charge in [-0.15, -0.1) is 10.2 Å². The van der Waals surface area contributed by atoms with Crippen molar-refractivity contribution in [3.05, 3.63) is 71.1 Å². The summed E-state index contributed by atoms with van der Waals surface area (Å²) in [4.78, 5) is 40.9. The number of aromatic nitrogens is 2. The van der Waals surface area contributed by atoms with Crippen LogP contribution >= 0.6 is 0 Å². The molecule has 1 fully saturated rings. The highest BCUT2D eigenvalue weighted by molar-refractivity contribution is 5.97. The number of amides is 3. The molecule has 1 saturated heterocycles. The second kappa shape index (κ2) is 10.2. The first-order valence-electron chi connectivity index (χ1n) is 10.9. The summed E-state index contributed by atoms with van der Waals surface area (Å²) < 4.78 is 18.5. The molecular weight excluding hydrogens is 441 g/mol. The standard InChI is InChI=1S/C24H24FN5O4/c1-16-27-28-23(34-16)18-8-6-17(7-9-18)22(32)26-15-21(31)29-10-12-30(13-11-29)24(33)20-5-3-2-4-19(20)14-25/h2-9H,10-15H2,1H3,(H,26,32). The summed E-state index contributed by atoms with van der Waals surface area (Å²) in [5, 5.41) is 10.3. The van der Waals surface area contributed by atoms with Crippen LogP contribution in [0.3, 0.4) is 0 Å². The lowest BCUT2D eigenvalue weighted by Crippen LogP contribution is -2.52. The van der Waals surface area contributed by atoms with Crippen molar-refractivity contribution in [2.75, 3.05) is 32.7 Å². The first kappa shape index (κ1) is 23.1. The summed E-state index contributed by atoms with van der Waals surface area (Å²) in [5.74, 6) is -0.0378. The lowest BCUT2D eigenvalue weighted by atomic mass is 10.1. The Bertz CT molecular complexity index is 1190. The molecule has 0 atom stereocenters. The zero-order valence-electron chi connectivity index (χ0n) is 18.7. The summed E-state index contributed by atoms with van der Waals surface area (Å²) in [6.45, 7) is 2.21. The molecule has 1 aliphatic rings. The maximum Gasteiger partial charge on any atom is 0.254 e. The van der Waals surface area contributed by atoms with Crippen LogP contribution in [-0.4, -0.2) is 70.4 Å². The number of alkyl halides is 1. The Labute approximate surface area is 195 Å². The van der Waals surface area contributed by atoms with E-state index in [2.05, 4.69) is 15.5 Å². The summed E-state index contributed by atoms with van der Waals surface area (Å²) in [6.07, 6.45) is 0. The number of benzene rings is 2. The van der Waals surface area contributed by atoms with Crippen LogP contribution in [0.5, 0.6) is 0 Å². The predicted molar refractivity (Wildman–Crippen MR) is 121 cm³/mol. The SMILES string of the molecule is Cc1nnc(-c2ccc(C(=O)NCC(=O)N3CCN(C(=O)c4ccccc4CF)CC3)cc2)o1. The van der Waals surface area contributed by atoms with Crippen LogP contribution < -0.4 is 5.32 Å². The number of nitrogens with one attached hydrogen (secondary N) is 1. The van der Waals surface area contributed by atoms with Gasteiger partial charge in [0.1, 0.15) is 6.67 Å². The number of nitrogens with zero attached hydrogens (tertiary/aromatic N) is 4. The quantitative estimate of drug-likeness (QED) is 0.598. The zero-order chi connectivity index (χ0) is 24.1. The fourth-order valence-corrected chi connectivity index (χ4v) is 3.72. The number of carbonyl (C=O) groups is 3. The molecule has 0 aliphatic carbocycles. The van der Waals surface area contributed by atoms with E-state index in [0.29, 0.717) is 60.2 Å². The topological polar surface area (TPSA) is 109 Å². The third-order valence-corrected chi connectivity index (χ3v) is 5.63. The number of rotatable bonds is 6. The lowest BCUT2D eigenvalue weighted by molar-refractivity contribution is -0.131. The monoisotopic (exact) mass is 465 g/mol. The maximum absolute atomic E-state index is 13.2. The fraction of sp³-hybridized carbons (Fsp3) is 0.292.